The van der Waals surface area contributed by atoms with E-state index in [4.69, 9.17) is 11.6 Å². The fourth-order valence-electron chi connectivity index (χ4n) is 4.67. The van der Waals surface area contributed by atoms with E-state index in [-0.39, 0.29) is 36.2 Å². The van der Waals surface area contributed by atoms with Crippen LogP contribution in [-0.2, 0) is 26.2 Å². The van der Waals surface area contributed by atoms with Gasteiger partial charge in [-0.3, -0.25) is 4.79 Å². The minimum Gasteiger partial charge on any atom is -0.480 e. The van der Waals surface area contributed by atoms with Crippen LogP contribution in [0, 0.1) is 12.3 Å². The number of hydrogen-bond donors (Lipinski definition) is 1. The number of aryl methyl sites for hydroxylation is 1. The topological polar surface area (TPSA) is 108 Å². The van der Waals surface area contributed by atoms with E-state index < -0.39 is 34.0 Å². The molecule has 2 atom stereocenters. The third-order valence-corrected chi connectivity index (χ3v) is 9.30. The van der Waals surface area contributed by atoms with Gasteiger partial charge in [0.05, 0.1) is 22.1 Å². The first kappa shape index (κ1) is 27.5. The summed E-state index contributed by atoms with van der Waals surface area (Å²) in [5.74, 6) is -1.60. The number of halogens is 1. The van der Waals surface area contributed by atoms with Crippen LogP contribution in [0.25, 0.3) is 10.8 Å². The van der Waals surface area contributed by atoms with Gasteiger partial charge in [-0.25, -0.2) is 18.2 Å². The predicted octanol–water partition coefficient (Wildman–Crippen LogP) is 4.94. The number of carbonyl (C=O) groups is 2. The van der Waals surface area contributed by atoms with Gasteiger partial charge >= 0.3 is 5.97 Å². The second kappa shape index (κ2) is 10.3. The summed E-state index contributed by atoms with van der Waals surface area (Å²) in [5, 5.41) is 14.5. The highest BCUT2D eigenvalue weighted by molar-refractivity contribution is 7.89. The lowest BCUT2D eigenvalue weighted by Gasteiger charge is -2.31. The molecule has 0 bridgehead atoms. The Bertz CT molecular complexity index is 1450. The Hall–Kier alpha value is -2.53. The zero-order valence-corrected chi connectivity index (χ0v) is 23.5. The number of aliphatic carboxylic acids is 1. The van der Waals surface area contributed by atoms with Gasteiger partial charge in [0.2, 0.25) is 15.9 Å². The van der Waals surface area contributed by atoms with E-state index in [1.54, 1.807) is 35.7 Å². The van der Waals surface area contributed by atoms with Crippen LogP contribution in [0.1, 0.15) is 44.3 Å². The van der Waals surface area contributed by atoms with E-state index in [0.29, 0.717) is 16.1 Å². The van der Waals surface area contributed by atoms with Gasteiger partial charge in [-0.2, -0.15) is 4.31 Å². The maximum absolute atomic E-state index is 14.0. The number of rotatable bonds is 8. The molecule has 0 radical (unpaired) electrons. The highest BCUT2D eigenvalue weighted by atomic mass is 35.5. The highest BCUT2D eigenvalue weighted by Gasteiger charge is 2.46. The molecule has 37 heavy (non-hydrogen) atoms. The number of thiazole rings is 1. The van der Waals surface area contributed by atoms with Crippen molar-refractivity contribution >= 4 is 55.6 Å². The van der Waals surface area contributed by atoms with Crippen LogP contribution >= 0.6 is 22.9 Å². The third-order valence-electron chi connectivity index (χ3n) is 6.39. The number of sulfonamides is 1. The van der Waals surface area contributed by atoms with Crippen molar-refractivity contribution in [2.75, 3.05) is 6.54 Å². The van der Waals surface area contributed by atoms with E-state index in [0.717, 1.165) is 10.4 Å². The van der Waals surface area contributed by atoms with Gasteiger partial charge in [-0.1, -0.05) is 44.5 Å². The van der Waals surface area contributed by atoms with Crippen LogP contribution in [0.4, 0.5) is 0 Å². The lowest BCUT2D eigenvalue weighted by Crippen LogP contribution is -2.49. The zero-order valence-electron chi connectivity index (χ0n) is 21.1. The maximum Gasteiger partial charge on any atom is 0.326 e. The molecule has 198 valence electrons. The molecule has 1 aromatic heterocycles. The molecule has 0 unspecified atom stereocenters. The number of likely N-dealkylation sites (tertiary alicyclic amines) is 1. The first-order valence-corrected chi connectivity index (χ1v) is 14.6. The van der Waals surface area contributed by atoms with Crippen molar-refractivity contribution in [3.8, 4) is 0 Å². The minimum atomic E-state index is -4.14. The van der Waals surface area contributed by atoms with Gasteiger partial charge in [0.15, 0.2) is 0 Å². The molecule has 3 aromatic rings. The fourth-order valence-corrected chi connectivity index (χ4v) is 7.07. The number of nitrogens with zero attached hydrogens (tertiary/aromatic N) is 3. The van der Waals surface area contributed by atoms with Crippen LogP contribution in [0.3, 0.4) is 0 Å². The van der Waals surface area contributed by atoms with Crippen molar-refractivity contribution in [1.82, 2.24) is 14.2 Å². The molecular weight excluding hydrogens is 534 g/mol. The van der Waals surface area contributed by atoms with E-state index in [1.807, 2.05) is 27.7 Å². The van der Waals surface area contributed by atoms with Crippen molar-refractivity contribution in [2.24, 2.45) is 5.41 Å². The van der Waals surface area contributed by atoms with Gasteiger partial charge in [0.1, 0.15) is 12.1 Å². The van der Waals surface area contributed by atoms with Crippen molar-refractivity contribution in [2.45, 2.75) is 64.1 Å². The molecule has 2 heterocycles. The normalized spacial score (nSPS) is 17.6. The van der Waals surface area contributed by atoms with Crippen molar-refractivity contribution in [1.29, 1.82) is 0 Å². The number of fused-ring (bicyclic) bond motifs is 1. The Morgan fingerprint density at radius 3 is 2.54 bits per heavy atom. The van der Waals surface area contributed by atoms with E-state index in [1.165, 1.54) is 26.6 Å². The number of amides is 1. The summed E-state index contributed by atoms with van der Waals surface area (Å²) in [6, 6.07) is 7.88. The summed E-state index contributed by atoms with van der Waals surface area (Å²) in [6.07, 6.45) is 0.449. The Morgan fingerprint density at radius 1 is 1.24 bits per heavy atom. The van der Waals surface area contributed by atoms with Gasteiger partial charge < -0.3 is 10.0 Å². The van der Waals surface area contributed by atoms with Crippen molar-refractivity contribution in [3.63, 3.8) is 0 Å². The molecule has 0 saturated carbocycles. The van der Waals surface area contributed by atoms with Crippen molar-refractivity contribution < 1.29 is 23.1 Å². The third kappa shape index (κ3) is 5.98. The van der Waals surface area contributed by atoms with Gasteiger partial charge in [0, 0.05) is 16.9 Å². The molecule has 1 aliphatic heterocycles. The smallest absolute Gasteiger partial charge is 0.326 e. The highest BCUT2D eigenvalue weighted by Crippen LogP contribution is 2.32. The van der Waals surface area contributed by atoms with Crippen LogP contribution in [0.5, 0.6) is 0 Å². The standard InChI is InChI=1S/C26H30ClN3O5S2/c1-16-28-20(15-36-16)14-30(22-9-10-29(24(22)31)23(25(32)33)13-26(2,3)4)37(34,35)21-8-6-17-11-19(27)7-5-18(17)12-21/h5-8,11-12,15,22-23H,9-10,13-14H2,1-4H3,(H,32,33)/t22-,23-/m0/s1. The van der Waals surface area contributed by atoms with E-state index in [2.05, 4.69) is 4.98 Å². The number of carboxylic acid groups (broad SMARTS) is 1. The molecule has 11 heteroatoms. The Balaban J connectivity index is 1.73. The summed E-state index contributed by atoms with van der Waals surface area (Å²) in [4.78, 5) is 31.5. The number of hydrogen-bond acceptors (Lipinski definition) is 6. The number of benzene rings is 2. The average Bonchev–Trinajstić information content (AvgIpc) is 3.39. The molecule has 1 fully saturated rings. The number of carbonyl (C=O) groups excluding carboxylic acids is 1. The molecule has 2 aromatic carbocycles. The molecule has 1 saturated heterocycles. The quantitative estimate of drug-likeness (QED) is 0.416. The average molecular weight is 564 g/mol. The first-order chi connectivity index (χ1) is 17.3. The minimum absolute atomic E-state index is 0.0463. The predicted molar refractivity (Wildman–Crippen MR) is 144 cm³/mol. The number of carboxylic acids is 1. The summed E-state index contributed by atoms with van der Waals surface area (Å²) < 4.78 is 29.2. The molecule has 0 spiro atoms. The molecule has 4 rings (SSSR count). The second-order valence-corrected chi connectivity index (χ2v) is 13.9. The first-order valence-electron chi connectivity index (χ1n) is 11.9. The van der Waals surface area contributed by atoms with Gasteiger partial charge in [-0.15, -0.1) is 11.3 Å². The molecule has 1 amide bonds. The lowest BCUT2D eigenvalue weighted by molar-refractivity contribution is -0.150. The van der Waals surface area contributed by atoms with E-state index >= 15 is 0 Å². The molecule has 0 aliphatic carbocycles. The molecular formula is C26H30ClN3O5S2. The Kier molecular flexibility index (Phi) is 7.67. The van der Waals surface area contributed by atoms with Crippen LogP contribution in [0.15, 0.2) is 46.7 Å². The molecule has 1 N–H and O–H groups in total. The van der Waals surface area contributed by atoms with Gasteiger partial charge in [0.25, 0.3) is 0 Å². The van der Waals surface area contributed by atoms with Crippen molar-refractivity contribution in [3.05, 3.63) is 57.5 Å². The van der Waals surface area contributed by atoms with Gasteiger partial charge in [-0.05, 0) is 60.2 Å². The summed E-state index contributed by atoms with van der Waals surface area (Å²) in [5.41, 5.74) is 0.202. The fraction of sp³-hybridized carbons (Fsp3) is 0.423. The van der Waals surface area contributed by atoms with Crippen LogP contribution in [-0.4, -0.2) is 58.2 Å². The van der Waals surface area contributed by atoms with E-state index in [9.17, 15) is 23.1 Å². The SMILES string of the molecule is Cc1nc(CN([C@H]2CCN([C@@H](CC(C)(C)C)C(=O)O)C2=O)S(=O)(=O)c2ccc3cc(Cl)ccc3c2)cs1. The summed E-state index contributed by atoms with van der Waals surface area (Å²) in [7, 11) is -4.14. The largest absolute Gasteiger partial charge is 0.480 e. The molecule has 8 nitrogen and oxygen atoms in total. The Morgan fingerprint density at radius 2 is 1.92 bits per heavy atom. The zero-order chi connectivity index (χ0) is 27.1. The second-order valence-electron chi connectivity index (χ2n) is 10.5. The maximum atomic E-state index is 14.0. The lowest BCUT2D eigenvalue weighted by atomic mass is 9.87. The Labute approximate surface area is 225 Å². The van der Waals surface area contributed by atoms with Crippen LogP contribution in [0.2, 0.25) is 5.02 Å². The van der Waals surface area contributed by atoms with Crippen LogP contribution < -0.4 is 0 Å². The summed E-state index contributed by atoms with van der Waals surface area (Å²) in [6.45, 7) is 7.63. The molecule has 1 aliphatic rings. The summed E-state index contributed by atoms with van der Waals surface area (Å²) >= 11 is 7.48. The monoisotopic (exact) mass is 563 g/mol. The number of aromatic nitrogens is 1.